The van der Waals surface area contributed by atoms with Crippen molar-refractivity contribution in [3.05, 3.63) is 28.1 Å². The molecule has 0 amide bonds. The maximum atomic E-state index is 12.1. The van der Waals surface area contributed by atoms with Gasteiger partial charge in [-0.05, 0) is 19.4 Å². The molecule has 0 unspecified atom stereocenters. The smallest absolute Gasteiger partial charge is 0.287 e. The van der Waals surface area contributed by atoms with Crippen molar-refractivity contribution in [2.75, 3.05) is 13.1 Å². The molecule has 0 spiro atoms. The van der Waals surface area contributed by atoms with Crippen LogP contribution < -0.4 is 0 Å². The van der Waals surface area contributed by atoms with E-state index in [0.29, 0.717) is 18.3 Å². The summed E-state index contributed by atoms with van der Waals surface area (Å²) in [5.41, 5.74) is 0.260. The third kappa shape index (κ3) is 3.20. The molecule has 2 rings (SSSR count). The fourth-order valence-electron chi connectivity index (χ4n) is 2.69. The van der Waals surface area contributed by atoms with Gasteiger partial charge in [-0.15, -0.1) is 0 Å². The lowest BCUT2D eigenvalue weighted by Gasteiger charge is -2.26. The minimum absolute atomic E-state index is 0.0627. The predicted molar refractivity (Wildman–Crippen MR) is 71.3 cm³/mol. The van der Waals surface area contributed by atoms with Crippen LogP contribution in [0.4, 0.5) is 5.69 Å². The Kier molecular flexibility index (Phi) is 4.31. The molecule has 1 aliphatic carbocycles. The van der Waals surface area contributed by atoms with Gasteiger partial charge in [0.25, 0.3) is 5.69 Å². The number of hydrogen-bond donors (Lipinski definition) is 1. The Balaban J connectivity index is 2.00. The molecule has 19 heavy (non-hydrogen) atoms. The SMILES string of the molecule is CCN(CC(=O)c1cc([N+](=O)[O-])c[nH]1)C1CCCC1. The number of aromatic nitrogens is 1. The van der Waals surface area contributed by atoms with Crippen molar-refractivity contribution in [3.8, 4) is 0 Å². The van der Waals surface area contributed by atoms with Crippen molar-refractivity contribution in [2.45, 2.75) is 38.6 Å². The van der Waals surface area contributed by atoms with Crippen molar-refractivity contribution in [3.63, 3.8) is 0 Å². The molecule has 1 N–H and O–H groups in total. The summed E-state index contributed by atoms with van der Waals surface area (Å²) in [6.07, 6.45) is 6.00. The lowest BCUT2D eigenvalue weighted by atomic mass is 10.2. The number of rotatable bonds is 6. The van der Waals surface area contributed by atoms with Crippen LogP contribution in [0.5, 0.6) is 0 Å². The van der Waals surface area contributed by atoms with E-state index in [9.17, 15) is 14.9 Å². The highest BCUT2D eigenvalue weighted by Crippen LogP contribution is 2.23. The van der Waals surface area contributed by atoms with Crippen molar-refractivity contribution in [1.29, 1.82) is 0 Å². The lowest BCUT2D eigenvalue weighted by Crippen LogP contribution is -2.37. The number of carbonyl (C=O) groups excluding carboxylic acids is 1. The molecular formula is C13H19N3O3. The third-order valence-corrected chi connectivity index (χ3v) is 3.77. The quantitative estimate of drug-likeness (QED) is 0.486. The first-order valence-corrected chi connectivity index (χ1v) is 6.72. The molecule has 0 radical (unpaired) electrons. The van der Waals surface area contributed by atoms with Gasteiger partial charge in [0, 0.05) is 12.1 Å². The fraction of sp³-hybridized carbons (Fsp3) is 0.615. The molecule has 6 heteroatoms. The number of aromatic amines is 1. The number of likely N-dealkylation sites (N-methyl/N-ethyl adjacent to an activating group) is 1. The van der Waals surface area contributed by atoms with Gasteiger partial charge in [0.15, 0.2) is 5.78 Å². The number of nitrogens with one attached hydrogen (secondary N) is 1. The Morgan fingerprint density at radius 1 is 1.53 bits per heavy atom. The summed E-state index contributed by atoms with van der Waals surface area (Å²) >= 11 is 0. The van der Waals surface area contributed by atoms with Gasteiger partial charge in [-0.2, -0.15) is 0 Å². The zero-order valence-electron chi connectivity index (χ0n) is 11.1. The maximum absolute atomic E-state index is 12.1. The van der Waals surface area contributed by atoms with Crippen LogP contribution in [-0.2, 0) is 0 Å². The standard InChI is InChI=1S/C13H19N3O3/c1-2-15(10-5-3-4-6-10)9-13(17)12-7-11(8-14-12)16(18)19/h7-8,10,14H,2-6,9H2,1H3. The second kappa shape index (κ2) is 5.97. The average Bonchev–Trinajstić information content (AvgIpc) is 3.05. The van der Waals surface area contributed by atoms with Crippen molar-refractivity contribution >= 4 is 11.5 Å². The van der Waals surface area contributed by atoms with Gasteiger partial charge in [-0.25, -0.2) is 0 Å². The second-order valence-electron chi connectivity index (χ2n) is 4.95. The molecular weight excluding hydrogens is 246 g/mol. The molecule has 1 saturated carbocycles. The summed E-state index contributed by atoms with van der Waals surface area (Å²) in [5.74, 6) is -0.0816. The normalized spacial score (nSPS) is 16.1. The van der Waals surface area contributed by atoms with E-state index in [1.807, 2.05) is 6.92 Å². The molecule has 0 aromatic carbocycles. The van der Waals surface area contributed by atoms with Crippen molar-refractivity contribution in [2.24, 2.45) is 0 Å². The Labute approximate surface area is 111 Å². The molecule has 0 saturated heterocycles. The van der Waals surface area contributed by atoms with E-state index in [0.717, 1.165) is 19.4 Å². The van der Waals surface area contributed by atoms with Crippen LogP contribution in [0, 0.1) is 10.1 Å². The number of Topliss-reactive ketones (excluding diaryl/α,β-unsaturated/α-hetero) is 1. The molecule has 104 valence electrons. The number of H-pyrrole nitrogens is 1. The first-order valence-electron chi connectivity index (χ1n) is 6.72. The number of nitrogens with zero attached hydrogens (tertiary/aromatic N) is 2. The zero-order valence-corrected chi connectivity index (χ0v) is 11.1. The summed E-state index contributed by atoms with van der Waals surface area (Å²) < 4.78 is 0. The van der Waals surface area contributed by atoms with Crippen LogP contribution >= 0.6 is 0 Å². The van der Waals surface area contributed by atoms with Crippen LogP contribution in [-0.4, -0.2) is 39.7 Å². The second-order valence-corrected chi connectivity index (χ2v) is 4.95. The summed E-state index contributed by atoms with van der Waals surface area (Å²) in [7, 11) is 0. The summed E-state index contributed by atoms with van der Waals surface area (Å²) in [6, 6.07) is 1.80. The zero-order chi connectivity index (χ0) is 13.8. The first-order chi connectivity index (χ1) is 9.11. The molecule has 1 aromatic rings. The molecule has 0 aliphatic heterocycles. The van der Waals surface area contributed by atoms with Crippen LogP contribution in [0.2, 0.25) is 0 Å². The van der Waals surface area contributed by atoms with Crippen LogP contribution in [0.25, 0.3) is 0 Å². The molecule has 6 nitrogen and oxygen atoms in total. The summed E-state index contributed by atoms with van der Waals surface area (Å²) in [4.78, 5) is 27.1. The highest BCUT2D eigenvalue weighted by atomic mass is 16.6. The topological polar surface area (TPSA) is 79.2 Å². The first kappa shape index (κ1) is 13.7. The number of ketones is 1. The Bertz CT molecular complexity index is 463. The number of hydrogen-bond acceptors (Lipinski definition) is 4. The molecule has 0 atom stereocenters. The van der Waals surface area contributed by atoms with E-state index in [1.165, 1.54) is 25.1 Å². The Hall–Kier alpha value is -1.69. The van der Waals surface area contributed by atoms with Gasteiger partial charge in [-0.3, -0.25) is 19.8 Å². The fourth-order valence-corrected chi connectivity index (χ4v) is 2.69. The minimum atomic E-state index is -0.498. The largest absolute Gasteiger partial charge is 0.353 e. The lowest BCUT2D eigenvalue weighted by molar-refractivity contribution is -0.384. The van der Waals surface area contributed by atoms with E-state index in [-0.39, 0.29) is 11.5 Å². The van der Waals surface area contributed by atoms with Gasteiger partial charge in [0.05, 0.1) is 23.4 Å². The summed E-state index contributed by atoms with van der Waals surface area (Å²) in [5, 5.41) is 10.6. The predicted octanol–water partition coefficient (Wildman–Crippen LogP) is 2.37. The maximum Gasteiger partial charge on any atom is 0.287 e. The highest BCUT2D eigenvalue weighted by Gasteiger charge is 2.24. The monoisotopic (exact) mass is 265 g/mol. The molecule has 1 heterocycles. The van der Waals surface area contributed by atoms with E-state index >= 15 is 0 Å². The highest BCUT2D eigenvalue weighted by molar-refractivity contribution is 5.96. The van der Waals surface area contributed by atoms with E-state index in [2.05, 4.69) is 9.88 Å². The number of carbonyl (C=O) groups is 1. The summed E-state index contributed by atoms with van der Waals surface area (Å²) in [6.45, 7) is 3.21. The molecule has 0 bridgehead atoms. The van der Waals surface area contributed by atoms with Crippen molar-refractivity contribution < 1.29 is 9.72 Å². The molecule has 1 aromatic heterocycles. The Morgan fingerprint density at radius 3 is 2.74 bits per heavy atom. The van der Waals surface area contributed by atoms with Gasteiger partial charge in [-0.1, -0.05) is 19.8 Å². The Morgan fingerprint density at radius 2 is 2.21 bits per heavy atom. The molecule has 1 aliphatic rings. The van der Waals surface area contributed by atoms with E-state index < -0.39 is 4.92 Å². The minimum Gasteiger partial charge on any atom is -0.353 e. The number of nitro groups is 1. The third-order valence-electron chi connectivity index (χ3n) is 3.77. The van der Waals surface area contributed by atoms with Crippen LogP contribution in [0.15, 0.2) is 12.3 Å². The van der Waals surface area contributed by atoms with Crippen LogP contribution in [0.3, 0.4) is 0 Å². The van der Waals surface area contributed by atoms with Gasteiger partial charge >= 0.3 is 0 Å². The average molecular weight is 265 g/mol. The van der Waals surface area contributed by atoms with Gasteiger partial charge < -0.3 is 4.98 Å². The van der Waals surface area contributed by atoms with Crippen molar-refractivity contribution in [1.82, 2.24) is 9.88 Å². The molecule has 1 fully saturated rings. The van der Waals surface area contributed by atoms with E-state index in [1.54, 1.807) is 0 Å². The van der Waals surface area contributed by atoms with Gasteiger partial charge in [0.1, 0.15) is 0 Å². The van der Waals surface area contributed by atoms with Crippen LogP contribution in [0.1, 0.15) is 43.1 Å². The van der Waals surface area contributed by atoms with Gasteiger partial charge in [0.2, 0.25) is 0 Å². The van der Waals surface area contributed by atoms with E-state index in [4.69, 9.17) is 0 Å².